The minimum absolute atomic E-state index is 0.847. The van der Waals surface area contributed by atoms with Crippen LogP contribution in [0.5, 0.6) is 0 Å². The summed E-state index contributed by atoms with van der Waals surface area (Å²) in [5, 5.41) is 7.85. The van der Waals surface area contributed by atoms with Crippen LogP contribution in [0.3, 0.4) is 0 Å². The van der Waals surface area contributed by atoms with Gasteiger partial charge in [0, 0.05) is 6.04 Å². The summed E-state index contributed by atoms with van der Waals surface area (Å²) in [4.78, 5) is 0. The first-order valence-electron chi connectivity index (χ1n) is 5.34. The first kappa shape index (κ1) is 9.94. The normalized spacial score (nSPS) is 16.6. The number of allylic oxidation sites excluding steroid dienone is 1. The molecule has 0 aromatic carbocycles. The van der Waals surface area contributed by atoms with Gasteiger partial charge in [-0.05, 0) is 54.6 Å². The maximum Gasteiger partial charge on any atom is 0.00683 e. The van der Waals surface area contributed by atoms with Gasteiger partial charge < -0.3 is 5.32 Å². The average Bonchev–Trinajstić information content (AvgIpc) is 2.87. The molecule has 76 valence electrons. The highest BCUT2D eigenvalue weighted by Gasteiger charge is 2.19. The van der Waals surface area contributed by atoms with E-state index in [4.69, 9.17) is 0 Å². The molecule has 2 heteroatoms. The molecule has 0 radical (unpaired) electrons. The molecule has 1 aliphatic carbocycles. The molecule has 2 rings (SSSR count). The fraction of sp³-hybridized carbons (Fsp3) is 0.500. The molecule has 0 unspecified atom stereocenters. The molecule has 0 atom stereocenters. The van der Waals surface area contributed by atoms with E-state index in [9.17, 15) is 0 Å². The third-order valence-electron chi connectivity index (χ3n) is 2.42. The van der Waals surface area contributed by atoms with Gasteiger partial charge in [-0.2, -0.15) is 11.3 Å². The third kappa shape index (κ3) is 3.64. The second-order valence-corrected chi connectivity index (χ2v) is 4.60. The summed E-state index contributed by atoms with van der Waals surface area (Å²) in [6, 6.07) is 3.04. The molecule has 0 amide bonds. The Morgan fingerprint density at radius 3 is 3.07 bits per heavy atom. The van der Waals surface area contributed by atoms with E-state index in [1.54, 1.807) is 11.3 Å². The molecule has 1 heterocycles. The van der Waals surface area contributed by atoms with Crippen molar-refractivity contribution in [2.45, 2.75) is 31.7 Å². The van der Waals surface area contributed by atoms with Gasteiger partial charge in [0.05, 0.1) is 0 Å². The Bertz CT molecular complexity index is 273. The average molecular weight is 207 g/mol. The molecule has 1 N–H and O–H groups in total. The van der Waals surface area contributed by atoms with Crippen molar-refractivity contribution in [3.05, 3.63) is 34.5 Å². The number of hydrogen-bond donors (Lipinski definition) is 1. The van der Waals surface area contributed by atoms with Gasteiger partial charge in [-0.25, -0.2) is 0 Å². The summed E-state index contributed by atoms with van der Waals surface area (Å²) in [7, 11) is 0. The van der Waals surface area contributed by atoms with Crippen LogP contribution >= 0.6 is 11.3 Å². The van der Waals surface area contributed by atoms with E-state index in [2.05, 4.69) is 34.3 Å². The maximum absolute atomic E-state index is 3.50. The zero-order chi connectivity index (χ0) is 9.64. The van der Waals surface area contributed by atoms with Crippen molar-refractivity contribution in [1.82, 2.24) is 5.32 Å². The molecule has 1 fully saturated rings. The highest BCUT2D eigenvalue weighted by atomic mass is 32.1. The van der Waals surface area contributed by atoms with Crippen LogP contribution in [0.1, 0.15) is 24.8 Å². The van der Waals surface area contributed by atoms with Crippen molar-refractivity contribution in [2.75, 3.05) is 6.54 Å². The van der Waals surface area contributed by atoms with E-state index in [0.717, 1.165) is 19.0 Å². The van der Waals surface area contributed by atoms with E-state index >= 15 is 0 Å². The summed E-state index contributed by atoms with van der Waals surface area (Å²) in [6.45, 7) is 1.14. The predicted molar refractivity (Wildman–Crippen MR) is 62.8 cm³/mol. The van der Waals surface area contributed by atoms with Crippen LogP contribution in [0.15, 0.2) is 29.0 Å². The molecule has 0 saturated heterocycles. The van der Waals surface area contributed by atoms with Gasteiger partial charge in [-0.15, -0.1) is 0 Å². The molecule has 1 nitrogen and oxygen atoms in total. The number of rotatable bonds is 6. The topological polar surface area (TPSA) is 12.0 Å². The smallest absolute Gasteiger partial charge is 0.00683 e. The lowest BCUT2D eigenvalue weighted by molar-refractivity contribution is 0.690. The van der Waals surface area contributed by atoms with Crippen molar-refractivity contribution in [3.63, 3.8) is 0 Å². The SMILES string of the molecule is C(=CCc1ccsc1)CCNC1CC1. The molecule has 0 bridgehead atoms. The van der Waals surface area contributed by atoms with Gasteiger partial charge in [-0.3, -0.25) is 0 Å². The Labute approximate surface area is 89.8 Å². The molecule has 14 heavy (non-hydrogen) atoms. The Kier molecular flexibility index (Phi) is 3.78. The molecular formula is C12H17NS. The lowest BCUT2D eigenvalue weighted by Gasteiger charge is -1.97. The first-order valence-corrected chi connectivity index (χ1v) is 6.29. The Morgan fingerprint density at radius 1 is 1.43 bits per heavy atom. The van der Waals surface area contributed by atoms with Crippen molar-refractivity contribution in [3.8, 4) is 0 Å². The highest BCUT2D eigenvalue weighted by molar-refractivity contribution is 7.07. The fourth-order valence-electron chi connectivity index (χ4n) is 1.40. The maximum atomic E-state index is 3.50. The fourth-order valence-corrected chi connectivity index (χ4v) is 2.09. The van der Waals surface area contributed by atoms with Crippen LogP contribution in [-0.4, -0.2) is 12.6 Å². The van der Waals surface area contributed by atoms with Crippen LogP contribution in [0.2, 0.25) is 0 Å². The van der Waals surface area contributed by atoms with Gasteiger partial charge in [-0.1, -0.05) is 12.2 Å². The molecule has 1 aliphatic rings. The van der Waals surface area contributed by atoms with E-state index in [0.29, 0.717) is 0 Å². The lowest BCUT2D eigenvalue weighted by atomic mass is 10.2. The molecule has 1 aromatic heterocycles. The van der Waals surface area contributed by atoms with Crippen molar-refractivity contribution >= 4 is 11.3 Å². The Morgan fingerprint density at radius 2 is 2.36 bits per heavy atom. The van der Waals surface area contributed by atoms with Crippen LogP contribution in [0.25, 0.3) is 0 Å². The summed E-state index contributed by atoms with van der Waals surface area (Å²) < 4.78 is 0. The zero-order valence-electron chi connectivity index (χ0n) is 8.41. The van der Waals surface area contributed by atoms with Crippen LogP contribution < -0.4 is 5.32 Å². The largest absolute Gasteiger partial charge is 0.314 e. The Hall–Kier alpha value is -0.600. The van der Waals surface area contributed by atoms with Gasteiger partial charge in [0.15, 0.2) is 0 Å². The van der Waals surface area contributed by atoms with Gasteiger partial charge in [0.25, 0.3) is 0 Å². The molecular weight excluding hydrogens is 190 g/mol. The second-order valence-electron chi connectivity index (χ2n) is 3.82. The minimum Gasteiger partial charge on any atom is -0.314 e. The standard InChI is InChI=1S/C12H17NS/c1(3-8-13-12-5-6-12)2-4-11-7-9-14-10-11/h1-2,7,9-10,12-13H,3-6,8H2. The van der Waals surface area contributed by atoms with E-state index in [1.807, 2.05) is 0 Å². The first-order chi connectivity index (χ1) is 6.95. The number of nitrogens with one attached hydrogen (secondary N) is 1. The quantitative estimate of drug-likeness (QED) is 0.558. The zero-order valence-corrected chi connectivity index (χ0v) is 9.22. The lowest BCUT2D eigenvalue weighted by Crippen LogP contribution is -2.16. The van der Waals surface area contributed by atoms with E-state index in [-0.39, 0.29) is 0 Å². The van der Waals surface area contributed by atoms with Crippen LogP contribution in [0, 0.1) is 0 Å². The molecule has 1 saturated carbocycles. The summed E-state index contributed by atoms with van der Waals surface area (Å²) >= 11 is 1.77. The van der Waals surface area contributed by atoms with Crippen molar-refractivity contribution in [1.29, 1.82) is 0 Å². The molecule has 1 aromatic rings. The van der Waals surface area contributed by atoms with Crippen molar-refractivity contribution in [2.24, 2.45) is 0 Å². The predicted octanol–water partition coefficient (Wildman–Crippen LogP) is 2.99. The highest BCUT2D eigenvalue weighted by Crippen LogP contribution is 2.18. The molecule has 0 aliphatic heterocycles. The number of thiophene rings is 1. The minimum atomic E-state index is 0.847. The van der Waals surface area contributed by atoms with Gasteiger partial charge >= 0.3 is 0 Å². The summed E-state index contributed by atoms with van der Waals surface area (Å²) in [6.07, 6.45) is 9.59. The summed E-state index contributed by atoms with van der Waals surface area (Å²) in [5.74, 6) is 0. The van der Waals surface area contributed by atoms with E-state index < -0.39 is 0 Å². The van der Waals surface area contributed by atoms with E-state index in [1.165, 1.54) is 24.8 Å². The van der Waals surface area contributed by atoms with Gasteiger partial charge in [0.2, 0.25) is 0 Å². The molecule has 0 spiro atoms. The Balaban J connectivity index is 1.53. The second kappa shape index (κ2) is 5.32. The van der Waals surface area contributed by atoms with Gasteiger partial charge in [0.1, 0.15) is 0 Å². The monoisotopic (exact) mass is 207 g/mol. The van der Waals surface area contributed by atoms with Crippen LogP contribution in [-0.2, 0) is 6.42 Å². The number of hydrogen-bond acceptors (Lipinski definition) is 2. The van der Waals surface area contributed by atoms with Crippen molar-refractivity contribution < 1.29 is 0 Å². The van der Waals surface area contributed by atoms with Crippen LogP contribution in [0.4, 0.5) is 0 Å². The third-order valence-corrected chi connectivity index (χ3v) is 3.15. The summed E-state index contributed by atoms with van der Waals surface area (Å²) in [5.41, 5.74) is 1.43.